The fraction of sp³-hybridized carbons (Fsp3) is 0.571. The summed E-state index contributed by atoms with van der Waals surface area (Å²) in [4.78, 5) is 0. The smallest absolute Gasteiger partial charge is 0.119 e. The van der Waals surface area contributed by atoms with Crippen molar-refractivity contribution in [3.63, 3.8) is 0 Å². The van der Waals surface area contributed by atoms with E-state index in [4.69, 9.17) is 9.47 Å². The fourth-order valence-electron chi connectivity index (χ4n) is 2.02. The second-order valence-corrected chi connectivity index (χ2v) is 4.51. The predicted octanol–water partition coefficient (Wildman–Crippen LogP) is 2.52. The van der Waals surface area contributed by atoms with Crippen molar-refractivity contribution in [1.29, 1.82) is 0 Å². The Morgan fingerprint density at radius 2 is 2.29 bits per heavy atom. The van der Waals surface area contributed by atoms with Crippen LogP contribution < -0.4 is 10.1 Å². The van der Waals surface area contributed by atoms with Gasteiger partial charge in [0, 0.05) is 13.1 Å². The van der Waals surface area contributed by atoms with E-state index in [1.165, 1.54) is 5.56 Å². The van der Waals surface area contributed by atoms with E-state index < -0.39 is 0 Å². The van der Waals surface area contributed by atoms with Crippen LogP contribution in [0.4, 0.5) is 0 Å². The van der Waals surface area contributed by atoms with Gasteiger partial charge in [-0.15, -0.1) is 0 Å². The molecule has 2 unspecified atom stereocenters. The standard InChI is InChI=1S/C14H21NO2/c1-3-7-16-13-6-4-5-12(8-13)14-10-15-9-11(2)17-14/h4-6,8,11,14-15H,3,7,9-10H2,1-2H3. The highest BCUT2D eigenvalue weighted by atomic mass is 16.5. The van der Waals surface area contributed by atoms with Crippen LogP contribution in [0.5, 0.6) is 5.75 Å². The molecule has 0 amide bonds. The van der Waals surface area contributed by atoms with Crippen LogP contribution in [0.1, 0.15) is 31.9 Å². The third kappa shape index (κ3) is 3.45. The zero-order chi connectivity index (χ0) is 12.1. The summed E-state index contributed by atoms with van der Waals surface area (Å²) in [5.74, 6) is 0.936. The molecule has 2 atom stereocenters. The zero-order valence-corrected chi connectivity index (χ0v) is 10.6. The lowest BCUT2D eigenvalue weighted by Gasteiger charge is -2.29. The molecular weight excluding hydrogens is 214 g/mol. The molecule has 1 aliphatic heterocycles. The minimum atomic E-state index is 0.143. The molecule has 3 heteroatoms. The SMILES string of the molecule is CCCOc1cccc(C2CNCC(C)O2)c1. The molecule has 0 spiro atoms. The van der Waals surface area contributed by atoms with Gasteiger partial charge in [-0.25, -0.2) is 0 Å². The van der Waals surface area contributed by atoms with Gasteiger partial charge in [-0.2, -0.15) is 0 Å². The minimum Gasteiger partial charge on any atom is -0.494 e. The van der Waals surface area contributed by atoms with E-state index in [0.29, 0.717) is 0 Å². The lowest BCUT2D eigenvalue weighted by atomic mass is 10.1. The highest BCUT2D eigenvalue weighted by molar-refractivity contribution is 5.30. The van der Waals surface area contributed by atoms with Gasteiger partial charge in [0.15, 0.2) is 0 Å². The zero-order valence-electron chi connectivity index (χ0n) is 10.6. The summed E-state index contributed by atoms with van der Waals surface area (Å²) in [6.45, 7) is 6.78. The third-order valence-corrected chi connectivity index (χ3v) is 2.86. The van der Waals surface area contributed by atoms with Crippen LogP contribution in [-0.4, -0.2) is 25.8 Å². The number of nitrogens with one attached hydrogen (secondary N) is 1. The molecular formula is C14H21NO2. The first kappa shape index (κ1) is 12.4. The number of morpholine rings is 1. The molecule has 0 saturated carbocycles. The van der Waals surface area contributed by atoms with Crippen molar-refractivity contribution < 1.29 is 9.47 Å². The molecule has 1 heterocycles. The molecule has 0 radical (unpaired) electrons. The van der Waals surface area contributed by atoms with Crippen LogP contribution in [0.25, 0.3) is 0 Å². The van der Waals surface area contributed by atoms with Gasteiger partial charge in [-0.3, -0.25) is 0 Å². The van der Waals surface area contributed by atoms with Gasteiger partial charge in [0.1, 0.15) is 5.75 Å². The first-order chi connectivity index (χ1) is 8.29. The molecule has 3 nitrogen and oxygen atoms in total. The van der Waals surface area contributed by atoms with Crippen LogP contribution in [0, 0.1) is 0 Å². The van der Waals surface area contributed by atoms with E-state index in [1.54, 1.807) is 0 Å². The second-order valence-electron chi connectivity index (χ2n) is 4.51. The van der Waals surface area contributed by atoms with Crippen molar-refractivity contribution in [2.24, 2.45) is 0 Å². The third-order valence-electron chi connectivity index (χ3n) is 2.86. The van der Waals surface area contributed by atoms with Crippen molar-refractivity contribution in [2.75, 3.05) is 19.7 Å². The maximum Gasteiger partial charge on any atom is 0.119 e. The average Bonchev–Trinajstić information content (AvgIpc) is 2.37. The molecule has 1 aromatic rings. The predicted molar refractivity (Wildman–Crippen MR) is 68.4 cm³/mol. The molecule has 1 saturated heterocycles. The van der Waals surface area contributed by atoms with Gasteiger partial charge in [0.25, 0.3) is 0 Å². The molecule has 0 bridgehead atoms. The summed E-state index contributed by atoms with van der Waals surface area (Å²) in [5, 5.41) is 3.38. The topological polar surface area (TPSA) is 30.5 Å². The first-order valence-corrected chi connectivity index (χ1v) is 6.38. The van der Waals surface area contributed by atoms with E-state index in [1.807, 2.05) is 12.1 Å². The van der Waals surface area contributed by atoms with E-state index in [9.17, 15) is 0 Å². The van der Waals surface area contributed by atoms with Crippen LogP contribution >= 0.6 is 0 Å². The molecule has 2 rings (SSSR count). The second kappa shape index (κ2) is 6.03. The van der Waals surface area contributed by atoms with Gasteiger partial charge in [-0.05, 0) is 31.0 Å². The highest BCUT2D eigenvalue weighted by Crippen LogP contribution is 2.24. The largest absolute Gasteiger partial charge is 0.494 e. The van der Waals surface area contributed by atoms with Crippen molar-refractivity contribution in [3.05, 3.63) is 29.8 Å². The Labute approximate surface area is 103 Å². The molecule has 0 aromatic heterocycles. The Bertz CT molecular complexity index is 354. The van der Waals surface area contributed by atoms with E-state index in [2.05, 4.69) is 31.3 Å². The summed E-state index contributed by atoms with van der Waals surface area (Å²) in [7, 11) is 0. The van der Waals surface area contributed by atoms with Gasteiger partial charge in [-0.1, -0.05) is 19.1 Å². The number of benzene rings is 1. The van der Waals surface area contributed by atoms with Crippen LogP contribution in [0.15, 0.2) is 24.3 Å². The monoisotopic (exact) mass is 235 g/mol. The van der Waals surface area contributed by atoms with Crippen LogP contribution in [0.2, 0.25) is 0 Å². The van der Waals surface area contributed by atoms with E-state index >= 15 is 0 Å². The maximum absolute atomic E-state index is 5.91. The van der Waals surface area contributed by atoms with Gasteiger partial charge < -0.3 is 14.8 Å². The Morgan fingerprint density at radius 3 is 3.06 bits per heavy atom. The number of hydrogen-bond donors (Lipinski definition) is 1. The van der Waals surface area contributed by atoms with Crippen molar-refractivity contribution in [1.82, 2.24) is 5.32 Å². The molecule has 94 valence electrons. The fourth-order valence-corrected chi connectivity index (χ4v) is 2.02. The van der Waals surface area contributed by atoms with Gasteiger partial charge in [0.2, 0.25) is 0 Å². The minimum absolute atomic E-state index is 0.143. The molecule has 17 heavy (non-hydrogen) atoms. The van der Waals surface area contributed by atoms with Crippen molar-refractivity contribution in [2.45, 2.75) is 32.5 Å². The molecule has 1 aliphatic rings. The normalized spacial score (nSPS) is 24.6. The van der Waals surface area contributed by atoms with Gasteiger partial charge >= 0.3 is 0 Å². The van der Waals surface area contributed by atoms with E-state index in [-0.39, 0.29) is 12.2 Å². The Kier molecular flexibility index (Phi) is 4.40. The lowest BCUT2D eigenvalue weighted by molar-refractivity contribution is -0.0288. The summed E-state index contributed by atoms with van der Waals surface area (Å²) in [5.41, 5.74) is 1.19. The highest BCUT2D eigenvalue weighted by Gasteiger charge is 2.20. The molecule has 1 fully saturated rings. The number of rotatable bonds is 4. The quantitative estimate of drug-likeness (QED) is 0.870. The van der Waals surface area contributed by atoms with Crippen LogP contribution in [-0.2, 0) is 4.74 Å². The summed E-state index contributed by atoms with van der Waals surface area (Å²) < 4.78 is 11.6. The number of hydrogen-bond acceptors (Lipinski definition) is 3. The summed E-state index contributed by atoms with van der Waals surface area (Å²) in [6, 6.07) is 8.21. The average molecular weight is 235 g/mol. The van der Waals surface area contributed by atoms with E-state index in [0.717, 1.165) is 31.9 Å². The first-order valence-electron chi connectivity index (χ1n) is 6.38. The molecule has 1 aromatic carbocycles. The van der Waals surface area contributed by atoms with Crippen molar-refractivity contribution in [3.8, 4) is 5.75 Å². The summed E-state index contributed by atoms with van der Waals surface area (Å²) in [6.07, 6.45) is 1.45. The van der Waals surface area contributed by atoms with Gasteiger partial charge in [0.05, 0.1) is 18.8 Å². The molecule has 0 aliphatic carbocycles. The van der Waals surface area contributed by atoms with Crippen molar-refractivity contribution >= 4 is 0 Å². The van der Waals surface area contributed by atoms with Crippen LogP contribution in [0.3, 0.4) is 0 Å². The Hall–Kier alpha value is -1.06. The lowest BCUT2D eigenvalue weighted by Crippen LogP contribution is -2.38. The summed E-state index contributed by atoms with van der Waals surface area (Å²) >= 11 is 0. The maximum atomic E-state index is 5.91. The Morgan fingerprint density at radius 1 is 1.41 bits per heavy atom. The molecule has 1 N–H and O–H groups in total. The Balaban J connectivity index is 2.04. The number of ether oxygens (including phenoxy) is 2.